The number of nitrogen functional groups attached to an aromatic ring is 1. The number of ether oxygens (including phenoxy) is 1. The van der Waals surface area contributed by atoms with Crippen LogP contribution in [0.15, 0.2) is 24.8 Å². The zero-order chi connectivity index (χ0) is 49.1. The first-order valence-electron chi connectivity index (χ1n) is 21.3. The van der Waals surface area contributed by atoms with Crippen molar-refractivity contribution in [1.29, 1.82) is 0 Å². The van der Waals surface area contributed by atoms with Crippen LogP contribution in [0.5, 0.6) is 0 Å². The van der Waals surface area contributed by atoms with Crippen molar-refractivity contribution in [2.75, 3.05) is 37.8 Å². The second-order valence-electron chi connectivity index (χ2n) is 16.0. The summed E-state index contributed by atoms with van der Waals surface area (Å²) in [6.45, 7) is 2.18. The normalized spacial score (nSPS) is 20.8. The standard InChI is InChI=1S/C37H64N7O18P3S/c1-4-5-6-7-8-9-10-11-12-13-14-15-25(45)20-28(47)66-19-18-39-27(46)16-17-40-35(50)32(49)37(2,3)22-59-65(56,57)62-64(54,55)58-21-26-31(61-63(51,52)53)30(48)36(60-26)44-24-43-29-33(38)41-23-42-34(29)44/h11-12,23-26,30-32,36,45,48-49H,4-10,13-22H2,1-3H3,(H,39,46)(H,40,50)(H,54,55)(H,56,57)(H2,38,41,42)(H2,51,52,53)/p-4/b12-11-/t25-,26+,30+,31+,32-,36+/m0/s1. The number of imidazole rings is 1. The Hall–Kier alpha value is -2.74. The number of anilines is 1. The molecule has 3 heterocycles. The third kappa shape index (κ3) is 20.5. The summed E-state index contributed by atoms with van der Waals surface area (Å²) in [5.41, 5.74) is 4.05. The summed E-state index contributed by atoms with van der Waals surface area (Å²) in [6, 6.07) is 0. The molecule has 2 unspecified atom stereocenters. The molecule has 25 nitrogen and oxygen atoms in total. The summed E-state index contributed by atoms with van der Waals surface area (Å²) in [5, 5.41) is 36.3. The van der Waals surface area contributed by atoms with E-state index in [1.165, 1.54) is 52.4 Å². The lowest BCUT2D eigenvalue weighted by Crippen LogP contribution is -2.46. The Morgan fingerprint density at radius 1 is 0.970 bits per heavy atom. The number of rotatable bonds is 32. The molecule has 0 aliphatic carbocycles. The minimum Gasteiger partial charge on any atom is -0.790 e. The fraction of sp³-hybridized carbons (Fsp3) is 0.730. The van der Waals surface area contributed by atoms with Gasteiger partial charge in [0.05, 0.1) is 33.5 Å². The van der Waals surface area contributed by atoms with E-state index in [0.717, 1.165) is 48.2 Å². The molecule has 1 aliphatic rings. The van der Waals surface area contributed by atoms with Gasteiger partial charge in [-0.15, -0.1) is 0 Å². The van der Waals surface area contributed by atoms with Gasteiger partial charge in [0.25, 0.3) is 15.6 Å². The van der Waals surface area contributed by atoms with Crippen LogP contribution in [-0.2, 0) is 50.7 Å². The number of nitrogens with one attached hydrogen (secondary N) is 2. The number of carbonyl (C=O) groups is 3. The molecule has 29 heteroatoms. The first-order valence-corrected chi connectivity index (χ1v) is 26.6. The van der Waals surface area contributed by atoms with E-state index < -0.39 is 90.7 Å². The molecule has 1 saturated heterocycles. The van der Waals surface area contributed by atoms with Crippen molar-refractivity contribution in [1.82, 2.24) is 30.2 Å². The molecule has 2 aromatic heterocycles. The minimum atomic E-state index is -5.93. The fourth-order valence-electron chi connectivity index (χ4n) is 6.38. The van der Waals surface area contributed by atoms with Crippen molar-refractivity contribution in [2.24, 2.45) is 5.41 Å². The topological polar surface area (TPSA) is 395 Å². The number of phosphoric acid groups is 3. The van der Waals surface area contributed by atoms with Crippen LogP contribution in [0.2, 0.25) is 0 Å². The van der Waals surface area contributed by atoms with Crippen LogP contribution < -0.4 is 35.9 Å². The van der Waals surface area contributed by atoms with Gasteiger partial charge in [0, 0.05) is 37.1 Å². The molecule has 8 atom stereocenters. The van der Waals surface area contributed by atoms with Gasteiger partial charge in [-0.25, -0.2) is 19.3 Å². The molecule has 1 aliphatic heterocycles. The maximum absolute atomic E-state index is 12.6. The van der Waals surface area contributed by atoms with Crippen molar-refractivity contribution in [3.8, 4) is 0 Å². The minimum absolute atomic E-state index is 0.00747. The van der Waals surface area contributed by atoms with Gasteiger partial charge in [0.1, 0.15) is 36.3 Å². The lowest BCUT2D eigenvalue weighted by Gasteiger charge is -2.36. The number of nitrogens with zero attached hydrogens (tertiary/aromatic N) is 4. The van der Waals surface area contributed by atoms with E-state index in [9.17, 15) is 63.0 Å². The van der Waals surface area contributed by atoms with E-state index in [4.69, 9.17) is 10.5 Å². The third-order valence-corrected chi connectivity index (χ3v) is 13.9. The summed E-state index contributed by atoms with van der Waals surface area (Å²) in [7, 11) is -17.6. The molecule has 0 spiro atoms. The van der Waals surface area contributed by atoms with Crippen LogP contribution in [0.4, 0.5) is 5.82 Å². The molecule has 0 radical (unpaired) electrons. The average Bonchev–Trinajstić information content (AvgIpc) is 3.79. The molecule has 1 fully saturated rings. The van der Waals surface area contributed by atoms with Gasteiger partial charge in [-0.2, -0.15) is 0 Å². The summed E-state index contributed by atoms with van der Waals surface area (Å²) < 4.78 is 60.7. The number of phosphoric ester groups is 3. The summed E-state index contributed by atoms with van der Waals surface area (Å²) >= 11 is 0.973. The maximum atomic E-state index is 12.6. The largest absolute Gasteiger partial charge is 0.790 e. The molecule has 0 saturated carbocycles. The predicted molar refractivity (Wildman–Crippen MR) is 230 cm³/mol. The molecule has 2 amide bonds. The number of hydrogen-bond acceptors (Lipinski definition) is 23. The van der Waals surface area contributed by atoms with Crippen molar-refractivity contribution in [3.63, 3.8) is 0 Å². The van der Waals surface area contributed by atoms with Gasteiger partial charge < -0.3 is 74.1 Å². The van der Waals surface area contributed by atoms with Crippen molar-refractivity contribution < 1.29 is 85.6 Å². The number of thioether (sulfide) groups is 1. The smallest absolute Gasteiger partial charge is 0.274 e. The third-order valence-electron chi connectivity index (χ3n) is 9.94. The van der Waals surface area contributed by atoms with E-state index in [-0.39, 0.29) is 53.8 Å². The highest BCUT2D eigenvalue weighted by atomic mass is 32.2. The molecule has 66 heavy (non-hydrogen) atoms. The highest BCUT2D eigenvalue weighted by Crippen LogP contribution is 2.56. The number of allylic oxidation sites excluding steroid dienone is 2. The number of amides is 2. The number of unbranched alkanes of at least 4 members (excludes halogenated alkanes) is 7. The van der Waals surface area contributed by atoms with E-state index in [2.05, 4.69) is 62.5 Å². The van der Waals surface area contributed by atoms with Crippen LogP contribution in [0.25, 0.3) is 11.2 Å². The van der Waals surface area contributed by atoms with Gasteiger partial charge >= 0.3 is 0 Å². The predicted octanol–water partition coefficient (Wildman–Crippen LogP) is 0.365. The molecule has 0 bridgehead atoms. The van der Waals surface area contributed by atoms with Crippen molar-refractivity contribution >= 4 is 69.1 Å². The highest BCUT2D eigenvalue weighted by molar-refractivity contribution is 8.13. The zero-order valence-electron chi connectivity index (χ0n) is 36.9. The Morgan fingerprint density at radius 2 is 1.64 bits per heavy atom. The molecular weight excluding hydrogens is 955 g/mol. The number of aliphatic hydroxyl groups is 3. The SMILES string of the molecule is CCCCCCCC/C=C\CCC[C@H](O)CC(=O)SCCNC(=O)CCNC(=O)[C@H](O)C(C)(C)COP(=O)([O-])OP(=O)([O-])OC[C@H]1O[C@@H](n2cnc3c(N)ncnc32)[C@H](O)[C@@H]1OP(=O)([O-])[O-]. The maximum Gasteiger partial charge on any atom is 0.274 e. The molecule has 7 N–H and O–H groups in total. The number of nitrogens with two attached hydrogens (primary N) is 1. The lowest BCUT2D eigenvalue weighted by atomic mass is 9.87. The summed E-state index contributed by atoms with van der Waals surface area (Å²) in [5.74, 6) is -1.35. The first kappa shape index (κ1) is 57.6. The number of fused-ring (bicyclic) bond motifs is 1. The fourth-order valence-corrected chi connectivity index (χ4v) is 9.85. The second-order valence-corrected chi connectivity index (χ2v) is 21.2. The van der Waals surface area contributed by atoms with Crippen LogP contribution in [0.1, 0.15) is 104 Å². The van der Waals surface area contributed by atoms with Gasteiger partial charge in [0.2, 0.25) is 11.8 Å². The number of carbonyl (C=O) groups excluding carboxylic acids is 3. The van der Waals surface area contributed by atoms with Crippen molar-refractivity contribution in [2.45, 2.75) is 135 Å². The van der Waals surface area contributed by atoms with Gasteiger partial charge in [-0.1, -0.05) is 76.8 Å². The monoisotopic (exact) mass is 1020 g/mol. The Labute approximate surface area is 386 Å². The first-order chi connectivity index (χ1) is 30.9. The average molecular weight is 1020 g/mol. The number of hydrogen-bond donors (Lipinski definition) is 6. The zero-order valence-corrected chi connectivity index (χ0v) is 40.4. The van der Waals surface area contributed by atoms with Crippen LogP contribution in [0, 0.1) is 5.41 Å². The van der Waals surface area contributed by atoms with Gasteiger partial charge in [-0.05, 0) is 32.1 Å². The summed E-state index contributed by atoms with van der Waals surface area (Å²) in [6.07, 6.45) is 6.47. The molecule has 3 rings (SSSR count). The number of aliphatic hydroxyl groups excluding tert-OH is 3. The van der Waals surface area contributed by atoms with E-state index in [0.29, 0.717) is 6.42 Å². The molecule has 376 valence electrons. The quantitative estimate of drug-likeness (QED) is 0.0327. The lowest BCUT2D eigenvalue weighted by molar-refractivity contribution is -0.347. The Balaban J connectivity index is 1.34. The van der Waals surface area contributed by atoms with Crippen LogP contribution in [0.3, 0.4) is 0 Å². The van der Waals surface area contributed by atoms with Crippen LogP contribution >= 0.6 is 35.2 Å². The summed E-state index contributed by atoms with van der Waals surface area (Å²) in [4.78, 5) is 96.8. The Kier molecular flexibility index (Phi) is 23.9. The molecular formula is C37H60N7O18P3S-4. The Bertz CT molecular complexity index is 2040. The van der Waals surface area contributed by atoms with Gasteiger partial charge in [-0.3, -0.25) is 28.1 Å². The van der Waals surface area contributed by atoms with Gasteiger partial charge in [0.15, 0.2) is 22.8 Å². The highest BCUT2D eigenvalue weighted by Gasteiger charge is 2.47. The van der Waals surface area contributed by atoms with E-state index in [1.54, 1.807) is 0 Å². The van der Waals surface area contributed by atoms with Crippen LogP contribution in [-0.4, -0.2) is 114 Å². The second kappa shape index (κ2) is 27.4. The number of aromatic nitrogens is 4. The van der Waals surface area contributed by atoms with Crippen molar-refractivity contribution in [3.05, 3.63) is 24.8 Å². The van der Waals surface area contributed by atoms with E-state index >= 15 is 0 Å². The Morgan fingerprint density at radius 3 is 2.33 bits per heavy atom. The molecule has 2 aromatic rings. The molecule has 0 aromatic carbocycles. The van der Waals surface area contributed by atoms with E-state index in [1.807, 2.05) is 0 Å².